The highest BCUT2D eigenvalue weighted by atomic mass is 35.5. The summed E-state index contributed by atoms with van der Waals surface area (Å²) in [6.07, 6.45) is 0.595. The van der Waals surface area contributed by atoms with Crippen LogP contribution in [0.2, 0.25) is 5.02 Å². The van der Waals surface area contributed by atoms with Gasteiger partial charge in [-0.05, 0) is 50.6 Å². The normalized spacial score (nSPS) is 18.4. The lowest BCUT2D eigenvalue weighted by atomic mass is 9.89. The summed E-state index contributed by atoms with van der Waals surface area (Å²) in [5, 5.41) is 3.71. The third-order valence-corrected chi connectivity index (χ3v) is 4.97. The number of carbonyl (C=O) groups excluding carboxylic acids is 1. The van der Waals surface area contributed by atoms with Crippen molar-refractivity contribution in [3.8, 4) is 17.2 Å². The van der Waals surface area contributed by atoms with Crippen molar-refractivity contribution in [2.75, 3.05) is 7.11 Å². The van der Waals surface area contributed by atoms with Gasteiger partial charge in [-0.1, -0.05) is 24.6 Å². The number of ether oxygens (including phenoxy) is 3. The molecule has 2 atom stereocenters. The number of rotatable bonds is 6. The van der Waals surface area contributed by atoms with Gasteiger partial charge in [0.1, 0.15) is 22.8 Å². The highest BCUT2D eigenvalue weighted by molar-refractivity contribution is 6.30. The zero-order valence-electron chi connectivity index (χ0n) is 16.6. The predicted molar refractivity (Wildman–Crippen MR) is 109 cm³/mol. The van der Waals surface area contributed by atoms with Gasteiger partial charge >= 0.3 is 0 Å². The Bertz CT molecular complexity index is 852. The first kappa shape index (κ1) is 20.3. The van der Waals surface area contributed by atoms with Crippen LogP contribution in [-0.2, 0) is 4.79 Å². The number of hydrogen-bond acceptors (Lipinski definition) is 4. The van der Waals surface area contributed by atoms with E-state index >= 15 is 0 Å². The van der Waals surface area contributed by atoms with Crippen LogP contribution in [0.4, 0.5) is 0 Å². The van der Waals surface area contributed by atoms with Gasteiger partial charge in [0.05, 0.1) is 13.2 Å². The molecule has 1 heterocycles. The number of carbonyl (C=O) groups is 1. The number of hydrogen-bond donors (Lipinski definition) is 1. The van der Waals surface area contributed by atoms with Gasteiger partial charge in [-0.3, -0.25) is 4.79 Å². The minimum absolute atomic E-state index is 0.160. The molecule has 28 heavy (non-hydrogen) atoms. The molecule has 0 saturated carbocycles. The van der Waals surface area contributed by atoms with Crippen molar-refractivity contribution < 1.29 is 19.0 Å². The van der Waals surface area contributed by atoms with Crippen molar-refractivity contribution in [3.63, 3.8) is 0 Å². The highest BCUT2D eigenvalue weighted by Crippen LogP contribution is 2.41. The highest BCUT2D eigenvalue weighted by Gasteiger charge is 2.36. The smallest absolute Gasteiger partial charge is 0.261 e. The Kier molecular flexibility index (Phi) is 6.04. The lowest BCUT2D eigenvalue weighted by molar-refractivity contribution is -0.129. The molecule has 0 fully saturated rings. The third kappa shape index (κ3) is 4.71. The van der Waals surface area contributed by atoms with E-state index in [1.807, 2.05) is 39.0 Å². The SMILES string of the molecule is CC[C@H](Oc1cccc(Cl)c1)C(=O)N[C@@H]1CC(C)(C)Oc2cc(OC)ccc21. The summed E-state index contributed by atoms with van der Waals surface area (Å²) >= 11 is 6.01. The Hall–Kier alpha value is -2.40. The maximum atomic E-state index is 12.9. The number of halogens is 1. The zero-order valence-corrected chi connectivity index (χ0v) is 17.4. The van der Waals surface area contributed by atoms with Crippen molar-refractivity contribution in [1.29, 1.82) is 0 Å². The lowest BCUT2D eigenvalue weighted by Crippen LogP contribution is -2.45. The first-order valence-corrected chi connectivity index (χ1v) is 9.78. The molecule has 6 heteroatoms. The van der Waals surface area contributed by atoms with Crippen LogP contribution < -0.4 is 19.5 Å². The van der Waals surface area contributed by atoms with Crippen molar-refractivity contribution in [3.05, 3.63) is 53.1 Å². The van der Waals surface area contributed by atoms with Crippen LogP contribution >= 0.6 is 11.6 Å². The fourth-order valence-electron chi connectivity index (χ4n) is 3.38. The van der Waals surface area contributed by atoms with Gasteiger partial charge in [-0.15, -0.1) is 0 Å². The zero-order chi connectivity index (χ0) is 20.3. The first-order chi connectivity index (χ1) is 13.3. The van der Waals surface area contributed by atoms with E-state index in [-0.39, 0.29) is 11.9 Å². The average molecular weight is 404 g/mol. The molecule has 0 spiro atoms. The number of benzene rings is 2. The molecule has 150 valence electrons. The molecular weight excluding hydrogens is 378 g/mol. The van der Waals surface area contributed by atoms with E-state index in [2.05, 4.69) is 5.32 Å². The standard InChI is InChI=1S/C22H26ClNO4/c1-5-19(27-16-8-6-7-14(23)11-16)21(25)24-18-13-22(2,3)28-20-12-15(26-4)9-10-17(18)20/h6-12,18-19H,5,13H2,1-4H3,(H,24,25)/t18-,19+/m1/s1. The van der Waals surface area contributed by atoms with Gasteiger partial charge in [-0.25, -0.2) is 0 Å². The quantitative estimate of drug-likeness (QED) is 0.743. The van der Waals surface area contributed by atoms with E-state index in [1.165, 1.54) is 0 Å². The van der Waals surface area contributed by atoms with E-state index in [4.69, 9.17) is 25.8 Å². The molecule has 1 N–H and O–H groups in total. The molecule has 0 saturated heterocycles. The molecule has 0 bridgehead atoms. The minimum atomic E-state index is -0.605. The Morgan fingerprint density at radius 1 is 1.29 bits per heavy atom. The first-order valence-electron chi connectivity index (χ1n) is 9.41. The summed E-state index contributed by atoms with van der Waals surface area (Å²) in [6, 6.07) is 12.6. The molecule has 0 aliphatic carbocycles. The molecule has 1 aliphatic heterocycles. The van der Waals surface area contributed by atoms with Crippen LogP contribution in [0, 0.1) is 0 Å². The second-order valence-electron chi connectivity index (χ2n) is 7.50. The Labute approximate surface area is 170 Å². The number of nitrogens with one attached hydrogen (secondary N) is 1. The maximum absolute atomic E-state index is 12.9. The fraction of sp³-hybridized carbons (Fsp3) is 0.409. The minimum Gasteiger partial charge on any atom is -0.497 e. The van der Waals surface area contributed by atoms with Crippen LogP contribution in [0.25, 0.3) is 0 Å². The Morgan fingerprint density at radius 2 is 2.07 bits per heavy atom. The summed E-state index contributed by atoms with van der Waals surface area (Å²) in [5.74, 6) is 1.86. The second-order valence-corrected chi connectivity index (χ2v) is 7.94. The molecular formula is C22H26ClNO4. The number of fused-ring (bicyclic) bond motifs is 1. The van der Waals surface area contributed by atoms with E-state index in [0.29, 0.717) is 23.6 Å². The van der Waals surface area contributed by atoms with Gasteiger partial charge in [0, 0.05) is 23.1 Å². The third-order valence-electron chi connectivity index (χ3n) is 4.73. The lowest BCUT2D eigenvalue weighted by Gasteiger charge is -2.38. The largest absolute Gasteiger partial charge is 0.497 e. The Morgan fingerprint density at radius 3 is 2.75 bits per heavy atom. The van der Waals surface area contributed by atoms with E-state index < -0.39 is 11.7 Å². The molecule has 2 aromatic rings. The topological polar surface area (TPSA) is 56.8 Å². The molecule has 3 rings (SSSR count). The molecule has 0 unspecified atom stereocenters. The van der Waals surface area contributed by atoms with Crippen molar-refractivity contribution in [2.45, 2.75) is 51.4 Å². The van der Waals surface area contributed by atoms with Crippen molar-refractivity contribution in [2.24, 2.45) is 0 Å². The van der Waals surface area contributed by atoms with E-state index in [1.54, 1.807) is 31.4 Å². The van der Waals surface area contributed by atoms with E-state index in [9.17, 15) is 4.79 Å². The van der Waals surface area contributed by atoms with Gasteiger partial charge in [0.15, 0.2) is 6.10 Å². The van der Waals surface area contributed by atoms with Gasteiger partial charge in [0.2, 0.25) is 0 Å². The molecule has 2 aromatic carbocycles. The predicted octanol–water partition coefficient (Wildman–Crippen LogP) is 4.92. The summed E-state index contributed by atoms with van der Waals surface area (Å²) in [6.45, 7) is 5.93. The van der Waals surface area contributed by atoms with Crippen LogP contribution in [0.1, 0.15) is 45.2 Å². The van der Waals surface area contributed by atoms with Crippen LogP contribution in [0.15, 0.2) is 42.5 Å². The summed E-state index contributed by atoms with van der Waals surface area (Å²) in [4.78, 5) is 12.9. The van der Waals surface area contributed by atoms with Crippen molar-refractivity contribution in [1.82, 2.24) is 5.32 Å². The van der Waals surface area contributed by atoms with Gasteiger partial charge in [-0.2, -0.15) is 0 Å². The monoisotopic (exact) mass is 403 g/mol. The molecule has 0 aromatic heterocycles. The summed E-state index contributed by atoms with van der Waals surface area (Å²) in [7, 11) is 1.62. The number of amides is 1. The van der Waals surface area contributed by atoms with Gasteiger partial charge in [0.25, 0.3) is 5.91 Å². The molecule has 1 aliphatic rings. The van der Waals surface area contributed by atoms with Gasteiger partial charge < -0.3 is 19.5 Å². The van der Waals surface area contributed by atoms with Crippen molar-refractivity contribution >= 4 is 17.5 Å². The maximum Gasteiger partial charge on any atom is 0.261 e. The Balaban J connectivity index is 1.78. The molecule has 0 radical (unpaired) electrons. The summed E-state index contributed by atoms with van der Waals surface area (Å²) in [5.41, 5.74) is 0.526. The average Bonchev–Trinajstić information content (AvgIpc) is 2.64. The van der Waals surface area contributed by atoms with Crippen LogP contribution in [0.5, 0.6) is 17.2 Å². The summed E-state index contributed by atoms with van der Waals surface area (Å²) < 4.78 is 17.3. The second kappa shape index (κ2) is 8.31. The van der Waals surface area contributed by atoms with E-state index in [0.717, 1.165) is 17.1 Å². The molecule has 1 amide bonds. The fourth-order valence-corrected chi connectivity index (χ4v) is 3.56. The van der Waals surface area contributed by atoms with Crippen LogP contribution in [-0.4, -0.2) is 24.7 Å². The number of methoxy groups -OCH3 is 1. The molecule has 5 nitrogen and oxygen atoms in total. The van der Waals surface area contributed by atoms with Crippen LogP contribution in [0.3, 0.4) is 0 Å².